The van der Waals surface area contributed by atoms with Crippen LogP contribution in [0.15, 0.2) is 57.9 Å². The summed E-state index contributed by atoms with van der Waals surface area (Å²) < 4.78 is 28.1. The predicted molar refractivity (Wildman–Crippen MR) is 98.6 cm³/mol. The van der Waals surface area contributed by atoms with Crippen molar-refractivity contribution in [2.75, 3.05) is 5.32 Å². The maximum absolute atomic E-state index is 12.4. The van der Waals surface area contributed by atoms with Gasteiger partial charge in [-0.3, -0.25) is 4.79 Å². The van der Waals surface area contributed by atoms with E-state index in [9.17, 15) is 13.2 Å². The number of carbonyl (C=O) groups excluding carboxylic acids is 1. The first kappa shape index (κ1) is 18.9. The van der Waals surface area contributed by atoms with Gasteiger partial charge in [0.2, 0.25) is 15.9 Å². The highest BCUT2D eigenvalue weighted by atomic mass is 79.9. The van der Waals surface area contributed by atoms with E-state index >= 15 is 0 Å². The standard InChI is InChI=1S/C16H16BrClN2O3S/c1-2-15(16(21)19-13-7-3-11(17)4-8-13)20-24(22,23)14-9-5-12(18)6-10-14/h3-10,15,20H,2H2,1H3,(H,19,21). The first-order valence-corrected chi connectivity index (χ1v) is 9.81. The van der Waals surface area contributed by atoms with Crippen molar-refractivity contribution in [2.45, 2.75) is 24.3 Å². The van der Waals surface area contributed by atoms with Gasteiger partial charge in [0, 0.05) is 15.2 Å². The van der Waals surface area contributed by atoms with Gasteiger partial charge in [0.15, 0.2) is 0 Å². The summed E-state index contributed by atoms with van der Waals surface area (Å²) in [6.45, 7) is 1.73. The molecule has 1 unspecified atom stereocenters. The van der Waals surface area contributed by atoms with Crippen molar-refractivity contribution in [3.8, 4) is 0 Å². The molecule has 0 radical (unpaired) electrons. The van der Waals surface area contributed by atoms with Crippen LogP contribution in [0.2, 0.25) is 5.02 Å². The molecule has 1 atom stereocenters. The summed E-state index contributed by atoms with van der Waals surface area (Å²) in [5.41, 5.74) is 0.590. The Hall–Kier alpha value is -1.41. The van der Waals surface area contributed by atoms with Gasteiger partial charge >= 0.3 is 0 Å². The Morgan fingerprint density at radius 3 is 2.25 bits per heavy atom. The molecule has 0 saturated heterocycles. The van der Waals surface area contributed by atoms with Crippen LogP contribution in [0.5, 0.6) is 0 Å². The molecule has 1 amide bonds. The first-order chi connectivity index (χ1) is 11.3. The molecule has 2 aromatic carbocycles. The molecule has 2 rings (SSSR count). The highest BCUT2D eigenvalue weighted by Gasteiger charge is 2.24. The highest BCUT2D eigenvalue weighted by Crippen LogP contribution is 2.16. The maximum Gasteiger partial charge on any atom is 0.242 e. The van der Waals surface area contributed by atoms with Crippen LogP contribution in [0, 0.1) is 0 Å². The number of halogens is 2. The van der Waals surface area contributed by atoms with Gasteiger partial charge in [-0.1, -0.05) is 34.5 Å². The third-order valence-corrected chi connectivity index (χ3v) is 5.53. The van der Waals surface area contributed by atoms with Gasteiger partial charge in [-0.2, -0.15) is 4.72 Å². The van der Waals surface area contributed by atoms with Crippen LogP contribution in [0.25, 0.3) is 0 Å². The third kappa shape index (κ3) is 5.04. The van der Waals surface area contributed by atoms with Crippen LogP contribution in [-0.4, -0.2) is 20.4 Å². The summed E-state index contributed by atoms with van der Waals surface area (Å²) in [5.74, 6) is -0.419. The van der Waals surface area contributed by atoms with Crippen molar-refractivity contribution >= 4 is 49.1 Å². The van der Waals surface area contributed by atoms with Gasteiger partial charge in [0.1, 0.15) is 6.04 Å². The van der Waals surface area contributed by atoms with Crippen molar-refractivity contribution in [3.05, 3.63) is 58.0 Å². The van der Waals surface area contributed by atoms with Crippen molar-refractivity contribution in [1.29, 1.82) is 0 Å². The molecular formula is C16H16BrClN2O3S. The maximum atomic E-state index is 12.4. The summed E-state index contributed by atoms with van der Waals surface area (Å²) >= 11 is 9.08. The minimum Gasteiger partial charge on any atom is -0.325 e. The molecule has 0 spiro atoms. The minimum absolute atomic E-state index is 0.0572. The zero-order chi connectivity index (χ0) is 17.7. The van der Waals surface area contributed by atoms with Crippen molar-refractivity contribution in [2.24, 2.45) is 0 Å². The Morgan fingerprint density at radius 2 is 1.71 bits per heavy atom. The van der Waals surface area contributed by atoms with Crippen LogP contribution in [0.4, 0.5) is 5.69 Å². The van der Waals surface area contributed by atoms with Crippen LogP contribution in [0.1, 0.15) is 13.3 Å². The first-order valence-electron chi connectivity index (χ1n) is 7.16. The average molecular weight is 432 g/mol. The number of hydrogen-bond acceptors (Lipinski definition) is 3. The van der Waals surface area contributed by atoms with E-state index in [1.807, 2.05) is 0 Å². The Bertz CT molecular complexity index is 808. The Morgan fingerprint density at radius 1 is 1.12 bits per heavy atom. The van der Waals surface area contributed by atoms with E-state index in [0.717, 1.165) is 4.47 Å². The van der Waals surface area contributed by atoms with E-state index in [1.54, 1.807) is 31.2 Å². The molecule has 2 aromatic rings. The lowest BCUT2D eigenvalue weighted by Crippen LogP contribution is -2.43. The number of rotatable bonds is 6. The van der Waals surface area contributed by atoms with Crippen LogP contribution < -0.4 is 10.0 Å². The van der Waals surface area contributed by atoms with Gasteiger partial charge < -0.3 is 5.32 Å². The fourth-order valence-corrected chi connectivity index (χ4v) is 3.62. The number of nitrogens with one attached hydrogen (secondary N) is 2. The average Bonchev–Trinajstić information content (AvgIpc) is 2.55. The normalized spacial score (nSPS) is 12.6. The van der Waals surface area contributed by atoms with E-state index in [-0.39, 0.29) is 4.90 Å². The second kappa shape index (κ2) is 8.11. The quantitative estimate of drug-likeness (QED) is 0.730. The molecule has 5 nitrogen and oxygen atoms in total. The molecule has 0 fully saturated rings. The number of hydrogen-bond donors (Lipinski definition) is 2. The SMILES string of the molecule is CCC(NS(=O)(=O)c1ccc(Cl)cc1)C(=O)Nc1ccc(Br)cc1. The van der Waals surface area contributed by atoms with Crippen molar-refractivity contribution in [1.82, 2.24) is 4.72 Å². The molecule has 0 bridgehead atoms. The Balaban J connectivity index is 2.11. The van der Waals surface area contributed by atoms with Crippen molar-refractivity contribution < 1.29 is 13.2 Å². The van der Waals surface area contributed by atoms with Crippen LogP contribution in [-0.2, 0) is 14.8 Å². The number of carbonyl (C=O) groups is 1. The molecule has 2 N–H and O–H groups in total. The van der Waals surface area contributed by atoms with E-state index in [1.165, 1.54) is 24.3 Å². The zero-order valence-corrected chi connectivity index (χ0v) is 16.0. The summed E-state index contributed by atoms with van der Waals surface area (Å²) in [7, 11) is -3.81. The number of benzene rings is 2. The fraction of sp³-hybridized carbons (Fsp3) is 0.188. The second-order valence-corrected chi connectivity index (χ2v) is 8.10. The molecule has 0 aliphatic carbocycles. The molecular weight excluding hydrogens is 416 g/mol. The van der Waals surface area contributed by atoms with Crippen molar-refractivity contribution in [3.63, 3.8) is 0 Å². The lowest BCUT2D eigenvalue weighted by Gasteiger charge is -2.17. The van der Waals surface area contributed by atoms with Crippen LogP contribution in [0.3, 0.4) is 0 Å². The van der Waals surface area contributed by atoms with Gasteiger partial charge in [0.25, 0.3) is 0 Å². The highest BCUT2D eigenvalue weighted by molar-refractivity contribution is 9.10. The molecule has 0 aliphatic rings. The molecule has 0 saturated carbocycles. The lowest BCUT2D eigenvalue weighted by molar-refractivity contribution is -0.117. The van der Waals surface area contributed by atoms with E-state index in [0.29, 0.717) is 17.1 Å². The monoisotopic (exact) mass is 430 g/mol. The van der Waals surface area contributed by atoms with E-state index in [2.05, 4.69) is 26.0 Å². The molecule has 0 heterocycles. The van der Waals surface area contributed by atoms with E-state index < -0.39 is 22.0 Å². The predicted octanol–water partition coefficient (Wildman–Crippen LogP) is 3.80. The number of anilines is 1. The largest absolute Gasteiger partial charge is 0.325 e. The molecule has 8 heteroatoms. The summed E-state index contributed by atoms with van der Waals surface area (Å²) in [6.07, 6.45) is 0.315. The summed E-state index contributed by atoms with van der Waals surface area (Å²) in [4.78, 5) is 12.4. The molecule has 128 valence electrons. The minimum atomic E-state index is -3.81. The fourth-order valence-electron chi connectivity index (χ4n) is 1.95. The van der Waals surface area contributed by atoms with Gasteiger partial charge in [0.05, 0.1) is 4.90 Å². The number of sulfonamides is 1. The van der Waals surface area contributed by atoms with Crippen LogP contribution >= 0.6 is 27.5 Å². The Kier molecular flexibility index (Phi) is 6.40. The van der Waals surface area contributed by atoms with Gasteiger partial charge in [-0.05, 0) is 55.0 Å². The second-order valence-electron chi connectivity index (χ2n) is 5.03. The topological polar surface area (TPSA) is 75.3 Å². The summed E-state index contributed by atoms with van der Waals surface area (Å²) in [6, 6.07) is 11.9. The Labute approximate surface area is 154 Å². The zero-order valence-electron chi connectivity index (χ0n) is 12.8. The molecule has 0 aliphatic heterocycles. The smallest absolute Gasteiger partial charge is 0.242 e. The lowest BCUT2D eigenvalue weighted by atomic mass is 10.2. The van der Waals surface area contributed by atoms with Gasteiger partial charge in [-0.15, -0.1) is 0 Å². The van der Waals surface area contributed by atoms with E-state index in [4.69, 9.17) is 11.6 Å². The summed E-state index contributed by atoms with van der Waals surface area (Å²) in [5, 5.41) is 3.13. The van der Waals surface area contributed by atoms with Gasteiger partial charge in [-0.25, -0.2) is 8.42 Å². The number of amides is 1. The molecule has 24 heavy (non-hydrogen) atoms. The molecule has 0 aromatic heterocycles. The third-order valence-electron chi connectivity index (χ3n) is 3.26.